The van der Waals surface area contributed by atoms with Crippen molar-refractivity contribution < 1.29 is 32.3 Å². The van der Waals surface area contributed by atoms with E-state index in [-0.39, 0.29) is 47.1 Å². The Morgan fingerprint density at radius 3 is 2.39 bits per heavy atom. The Hall–Kier alpha value is -5.70. The first-order valence-corrected chi connectivity index (χ1v) is 17.8. The third-order valence-corrected chi connectivity index (χ3v) is 9.44. The van der Waals surface area contributed by atoms with E-state index in [1.165, 1.54) is 30.1 Å². The summed E-state index contributed by atoms with van der Waals surface area (Å²) < 4.78 is 48.6. The van der Waals surface area contributed by atoms with Gasteiger partial charge in [-0.05, 0) is 99.6 Å². The number of likely N-dealkylation sites (tertiary alicyclic amines) is 1. The molecule has 4 heterocycles. The van der Waals surface area contributed by atoms with Crippen LogP contribution in [0.2, 0.25) is 0 Å². The van der Waals surface area contributed by atoms with Crippen molar-refractivity contribution in [3.05, 3.63) is 94.8 Å². The number of amides is 4. The number of pyridine rings is 2. The Balaban J connectivity index is 1.16. The smallest absolute Gasteiger partial charge is 0.419 e. The van der Waals surface area contributed by atoms with Gasteiger partial charge in [-0.1, -0.05) is 18.2 Å². The lowest BCUT2D eigenvalue weighted by Gasteiger charge is -2.33. The number of para-hydroxylation sites is 1. The van der Waals surface area contributed by atoms with Gasteiger partial charge in [0.05, 0.1) is 34.3 Å². The van der Waals surface area contributed by atoms with E-state index >= 15 is 0 Å². The van der Waals surface area contributed by atoms with Gasteiger partial charge < -0.3 is 20.7 Å². The zero-order chi connectivity index (χ0) is 38.6. The van der Waals surface area contributed by atoms with Crippen molar-refractivity contribution in [3.63, 3.8) is 0 Å². The fourth-order valence-corrected chi connectivity index (χ4v) is 6.77. The van der Waals surface area contributed by atoms with E-state index in [0.29, 0.717) is 30.3 Å². The van der Waals surface area contributed by atoms with Crippen LogP contribution in [0, 0.1) is 6.92 Å². The van der Waals surface area contributed by atoms with Crippen LogP contribution in [-0.2, 0) is 17.5 Å². The first-order chi connectivity index (χ1) is 25.8. The van der Waals surface area contributed by atoms with Crippen molar-refractivity contribution in [2.75, 3.05) is 42.2 Å². The second kappa shape index (κ2) is 16.1. The Morgan fingerprint density at radius 1 is 0.963 bits per heavy atom. The van der Waals surface area contributed by atoms with Crippen LogP contribution >= 0.6 is 0 Å². The van der Waals surface area contributed by atoms with Gasteiger partial charge in [0.25, 0.3) is 5.91 Å². The van der Waals surface area contributed by atoms with Crippen LogP contribution in [0.3, 0.4) is 0 Å². The van der Waals surface area contributed by atoms with Crippen LogP contribution in [-0.4, -0.2) is 65.5 Å². The number of hydrogen-bond acceptors (Lipinski definition) is 9. The molecule has 4 aromatic rings. The Kier molecular flexibility index (Phi) is 11.4. The molecule has 2 aromatic carbocycles. The minimum atomic E-state index is -4.70. The van der Waals surface area contributed by atoms with Gasteiger partial charge in [-0.2, -0.15) is 13.2 Å². The number of imide groups is 1. The molecular weight excluding hydrogens is 701 g/mol. The van der Waals surface area contributed by atoms with Gasteiger partial charge in [0.2, 0.25) is 5.91 Å². The molecule has 0 aliphatic carbocycles. The number of rotatable bonds is 11. The van der Waals surface area contributed by atoms with Crippen molar-refractivity contribution in [2.45, 2.75) is 64.8 Å². The molecule has 0 radical (unpaired) electrons. The number of aromatic nitrogens is 2. The lowest BCUT2D eigenvalue weighted by molar-refractivity contribution is -0.137. The van der Waals surface area contributed by atoms with Gasteiger partial charge in [0.15, 0.2) is 0 Å². The zero-order valence-corrected chi connectivity index (χ0v) is 30.5. The normalized spacial score (nSPS) is 15.6. The van der Waals surface area contributed by atoms with Crippen LogP contribution in [0.25, 0.3) is 0 Å². The number of benzene rings is 2. The number of carbonyl (C=O) groups excluding carboxylic acids is 3. The first-order valence-electron chi connectivity index (χ1n) is 17.8. The maximum atomic E-state index is 14.1. The topological polar surface area (TPSA) is 141 Å². The van der Waals surface area contributed by atoms with Crippen molar-refractivity contribution in [1.29, 1.82) is 0 Å². The number of anilines is 5. The Labute approximate surface area is 311 Å². The molecule has 2 aliphatic heterocycles. The van der Waals surface area contributed by atoms with E-state index in [1.807, 2.05) is 39.0 Å². The highest BCUT2D eigenvalue weighted by molar-refractivity contribution is 6.05. The van der Waals surface area contributed by atoms with E-state index in [1.54, 1.807) is 24.4 Å². The minimum absolute atomic E-state index is 0.161. The second-order valence-corrected chi connectivity index (χ2v) is 13.7. The molecule has 6 rings (SSSR count). The van der Waals surface area contributed by atoms with Crippen LogP contribution in [0.15, 0.2) is 67.0 Å². The Morgan fingerprint density at radius 2 is 1.72 bits per heavy atom. The lowest BCUT2D eigenvalue weighted by atomic mass is 9.86. The average molecular weight is 745 g/mol. The van der Waals surface area contributed by atoms with Crippen molar-refractivity contribution in [1.82, 2.24) is 25.5 Å². The highest BCUT2D eigenvalue weighted by atomic mass is 19.4. The van der Waals surface area contributed by atoms with Gasteiger partial charge >= 0.3 is 12.2 Å². The maximum absolute atomic E-state index is 14.1. The van der Waals surface area contributed by atoms with E-state index in [9.17, 15) is 27.6 Å². The zero-order valence-electron chi connectivity index (χ0n) is 30.5. The lowest BCUT2D eigenvalue weighted by Crippen LogP contribution is -2.49. The number of piperidine rings is 1. The van der Waals surface area contributed by atoms with Crippen molar-refractivity contribution in [2.24, 2.45) is 0 Å². The van der Waals surface area contributed by atoms with Crippen LogP contribution < -0.4 is 30.9 Å². The average Bonchev–Trinajstić information content (AvgIpc) is 3.13. The van der Waals surface area contributed by atoms with E-state index in [4.69, 9.17) is 4.74 Å². The fourth-order valence-electron chi connectivity index (χ4n) is 6.77. The number of hydrogen-bond donors (Lipinski definition) is 4. The number of aryl methyl sites for hydroxylation is 1. The predicted octanol–water partition coefficient (Wildman–Crippen LogP) is 7.26. The standard InChI is InChI=1S/C39H43F3N8O4/c1-23(2)54-33-18-28(26-11-14-49(15-12-26)22-25-9-10-35(45-20-25)50-16-13-36(51)48-38(50)53)24(3)17-32(33)47-34-19-31(29(21-44-34)39(40,41)42)46-30-8-6-5-7-27(30)37(52)43-4/h5-10,17-21,23,26H,11-16,22H2,1-4H3,(H,43,52)(H2,44,46,47)(H,48,51,53). The minimum Gasteiger partial charge on any atom is -0.489 e. The molecule has 0 bridgehead atoms. The molecule has 2 saturated heterocycles. The van der Waals surface area contributed by atoms with E-state index < -0.39 is 23.7 Å². The molecule has 284 valence electrons. The van der Waals surface area contributed by atoms with E-state index in [2.05, 4.69) is 36.1 Å². The summed E-state index contributed by atoms with van der Waals surface area (Å²) in [5.74, 6) is 0.770. The molecule has 0 saturated carbocycles. The fraction of sp³-hybridized carbons (Fsp3) is 0.359. The monoisotopic (exact) mass is 744 g/mol. The van der Waals surface area contributed by atoms with Crippen LogP contribution in [0.5, 0.6) is 5.75 Å². The highest BCUT2D eigenvalue weighted by Gasteiger charge is 2.35. The quantitative estimate of drug-likeness (QED) is 0.125. The van der Waals surface area contributed by atoms with Gasteiger partial charge in [0.1, 0.15) is 17.4 Å². The number of nitrogens with zero attached hydrogens (tertiary/aromatic N) is 4. The van der Waals surface area contributed by atoms with Gasteiger partial charge in [-0.3, -0.25) is 24.7 Å². The summed E-state index contributed by atoms with van der Waals surface area (Å²) in [6.45, 7) is 8.56. The molecule has 0 atom stereocenters. The van der Waals surface area contributed by atoms with Crippen molar-refractivity contribution >= 4 is 46.5 Å². The molecule has 4 amide bonds. The number of urea groups is 1. The largest absolute Gasteiger partial charge is 0.489 e. The SMILES string of the molecule is CNC(=O)c1ccccc1Nc1cc(Nc2cc(C)c(C3CCN(Cc4ccc(N5CCC(=O)NC5=O)nc4)CC3)cc2OC(C)C)ncc1C(F)(F)F. The van der Waals surface area contributed by atoms with Gasteiger partial charge in [-0.15, -0.1) is 0 Å². The summed E-state index contributed by atoms with van der Waals surface area (Å²) in [4.78, 5) is 48.5. The third-order valence-electron chi connectivity index (χ3n) is 9.44. The third kappa shape index (κ3) is 8.90. The van der Waals surface area contributed by atoms with Crippen molar-refractivity contribution in [3.8, 4) is 5.75 Å². The highest BCUT2D eigenvalue weighted by Crippen LogP contribution is 2.41. The first kappa shape index (κ1) is 38.0. The molecule has 4 N–H and O–H groups in total. The number of alkyl halides is 3. The summed E-state index contributed by atoms with van der Waals surface area (Å²) in [7, 11) is 1.45. The molecule has 2 aliphatic rings. The Bertz CT molecular complexity index is 2010. The number of halogens is 3. The summed E-state index contributed by atoms with van der Waals surface area (Å²) in [6.07, 6.45) is -0.274. The number of carbonyl (C=O) groups is 3. The number of nitrogens with one attached hydrogen (secondary N) is 4. The number of ether oxygens (including phenoxy) is 1. The molecule has 12 nitrogen and oxygen atoms in total. The summed E-state index contributed by atoms with van der Waals surface area (Å²) in [6, 6.07) is 14.9. The van der Waals surface area contributed by atoms with Gasteiger partial charge in [-0.25, -0.2) is 14.8 Å². The van der Waals surface area contributed by atoms with Crippen LogP contribution in [0.1, 0.15) is 71.6 Å². The van der Waals surface area contributed by atoms with E-state index in [0.717, 1.165) is 48.8 Å². The maximum Gasteiger partial charge on any atom is 0.419 e. The molecule has 2 fully saturated rings. The molecule has 15 heteroatoms. The molecular formula is C39H43F3N8O4. The summed E-state index contributed by atoms with van der Waals surface area (Å²) in [5.41, 5.74) is 2.92. The molecule has 0 unspecified atom stereocenters. The van der Waals surface area contributed by atoms with Crippen LogP contribution in [0.4, 0.5) is 46.7 Å². The second-order valence-electron chi connectivity index (χ2n) is 13.7. The molecule has 2 aromatic heterocycles. The molecule has 54 heavy (non-hydrogen) atoms. The summed E-state index contributed by atoms with van der Waals surface area (Å²) in [5, 5.41) is 10.8. The summed E-state index contributed by atoms with van der Waals surface area (Å²) >= 11 is 0. The molecule has 0 spiro atoms. The predicted molar refractivity (Wildman–Crippen MR) is 200 cm³/mol. The van der Waals surface area contributed by atoms with Gasteiger partial charge in [0, 0.05) is 45.0 Å².